The summed E-state index contributed by atoms with van der Waals surface area (Å²) in [6.07, 6.45) is 7.17. The molecule has 2 aliphatic rings. The molecule has 3 heterocycles. The summed E-state index contributed by atoms with van der Waals surface area (Å²) in [5.41, 5.74) is 1.24. The van der Waals surface area contributed by atoms with Crippen LogP contribution < -0.4 is 5.32 Å². The number of aromatic nitrogens is 3. The maximum atomic E-state index is 10.5. The molecule has 1 saturated heterocycles. The fraction of sp³-hybridized carbons (Fsp3) is 0.556. The molecule has 2 fully saturated rings. The highest BCUT2D eigenvalue weighted by Crippen LogP contribution is 2.41. The van der Waals surface area contributed by atoms with E-state index in [2.05, 4.69) is 26.4 Å². The molecule has 6 heteroatoms. The quantitative estimate of drug-likeness (QED) is 0.896. The Morgan fingerprint density at radius 2 is 2.04 bits per heavy atom. The maximum Gasteiger partial charge on any atom is 0.130 e. The van der Waals surface area contributed by atoms with Crippen LogP contribution in [0.3, 0.4) is 0 Å². The SMILES string of the molecule is CNc1ncccc1CN1C[C@H]2C[C@@H](n3cccn3)[C@H](O)C[C@H]2C1. The predicted octanol–water partition coefficient (Wildman–Crippen LogP) is 1.76. The Balaban J connectivity index is 1.44. The lowest BCUT2D eigenvalue weighted by atomic mass is 9.77. The second kappa shape index (κ2) is 6.53. The van der Waals surface area contributed by atoms with E-state index < -0.39 is 0 Å². The number of likely N-dealkylation sites (tertiary alicyclic amines) is 1. The molecule has 4 rings (SSSR count). The summed E-state index contributed by atoms with van der Waals surface area (Å²) in [5.74, 6) is 2.18. The third kappa shape index (κ3) is 2.91. The molecule has 2 N–H and O–H groups in total. The summed E-state index contributed by atoms with van der Waals surface area (Å²) >= 11 is 0. The van der Waals surface area contributed by atoms with Crippen LogP contribution in [0.4, 0.5) is 5.82 Å². The summed E-state index contributed by atoms with van der Waals surface area (Å²) in [4.78, 5) is 6.90. The largest absolute Gasteiger partial charge is 0.391 e. The Morgan fingerprint density at radius 3 is 2.79 bits per heavy atom. The summed E-state index contributed by atoms with van der Waals surface area (Å²) < 4.78 is 1.93. The van der Waals surface area contributed by atoms with Crippen LogP contribution in [0, 0.1) is 11.8 Å². The van der Waals surface area contributed by atoms with E-state index >= 15 is 0 Å². The Kier molecular flexibility index (Phi) is 4.24. The van der Waals surface area contributed by atoms with Crippen LogP contribution >= 0.6 is 0 Å². The highest BCUT2D eigenvalue weighted by molar-refractivity contribution is 5.42. The molecule has 24 heavy (non-hydrogen) atoms. The summed E-state index contributed by atoms with van der Waals surface area (Å²) in [6.45, 7) is 3.07. The number of rotatable bonds is 4. The minimum absolute atomic E-state index is 0.118. The van der Waals surface area contributed by atoms with Gasteiger partial charge in [-0.3, -0.25) is 9.58 Å². The number of nitrogens with zero attached hydrogens (tertiary/aromatic N) is 4. The first-order valence-corrected chi connectivity index (χ1v) is 8.76. The maximum absolute atomic E-state index is 10.5. The highest BCUT2D eigenvalue weighted by Gasteiger charge is 2.42. The minimum atomic E-state index is -0.294. The van der Waals surface area contributed by atoms with Gasteiger partial charge in [0.2, 0.25) is 0 Å². The van der Waals surface area contributed by atoms with Crippen molar-refractivity contribution in [2.75, 3.05) is 25.5 Å². The topological polar surface area (TPSA) is 66.2 Å². The fourth-order valence-electron chi connectivity index (χ4n) is 4.43. The minimum Gasteiger partial charge on any atom is -0.391 e. The zero-order valence-corrected chi connectivity index (χ0v) is 14.0. The Morgan fingerprint density at radius 1 is 1.21 bits per heavy atom. The van der Waals surface area contributed by atoms with E-state index in [4.69, 9.17) is 0 Å². The zero-order valence-electron chi connectivity index (χ0n) is 14.0. The molecule has 6 nitrogen and oxygen atoms in total. The summed E-state index contributed by atoms with van der Waals surface area (Å²) in [5, 5.41) is 18.1. The lowest BCUT2D eigenvalue weighted by Gasteiger charge is -2.35. The number of hydrogen-bond acceptors (Lipinski definition) is 5. The van der Waals surface area contributed by atoms with Crippen molar-refractivity contribution >= 4 is 5.82 Å². The predicted molar refractivity (Wildman–Crippen MR) is 92.5 cm³/mol. The van der Waals surface area contributed by atoms with Gasteiger partial charge in [-0.2, -0.15) is 5.10 Å². The highest BCUT2D eigenvalue weighted by atomic mass is 16.3. The Bertz CT molecular complexity index is 674. The summed E-state index contributed by atoms with van der Waals surface area (Å²) in [6, 6.07) is 6.19. The first-order valence-electron chi connectivity index (χ1n) is 8.76. The van der Waals surface area contributed by atoms with Crippen LogP contribution in [0.5, 0.6) is 0 Å². The van der Waals surface area contributed by atoms with Crippen molar-refractivity contribution in [3.05, 3.63) is 42.4 Å². The molecule has 0 amide bonds. The van der Waals surface area contributed by atoms with Gasteiger partial charge in [-0.15, -0.1) is 0 Å². The van der Waals surface area contributed by atoms with Crippen molar-refractivity contribution in [3.8, 4) is 0 Å². The molecule has 4 atom stereocenters. The third-order valence-corrected chi connectivity index (χ3v) is 5.57. The number of pyridine rings is 1. The Hall–Kier alpha value is -1.92. The third-order valence-electron chi connectivity index (χ3n) is 5.57. The lowest BCUT2D eigenvalue weighted by Crippen LogP contribution is -2.36. The summed E-state index contributed by atoms with van der Waals surface area (Å²) in [7, 11) is 1.92. The van der Waals surface area contributed by atoms with Gasteiger partial charge >= 0.3 is 0 Å². The van der Waals surface area contributed by atoms with Crippen molar-refractivity contribution in [1.82, 2.24) is 19.7 Å². The van der Waals surface area contributed by atoms with Gasteiger partial charge in [0.1, 0.15) is 5.82 Å². The van der Waals surface area contributed by atoms with Gasteiger partial charge in [0.15, 0.2) is 0 Å². The zero-order chi connectivity index (χ0) is 16.5. The smallest absolute Gasteiger partial charge is 0.130 e. The van der Waals surface area contributed by atoms with Crippen LogP contribution in [-0.2, 0) is 6.54 Å². The molecule has 0 spiro atoms. The molecule has 0 radical (unpaired) electrons. The van der Waals surface area contributed by atoms with E-state index in [-0.39, 0.29) is 12.1 Å². The van der Waals surface area contributed by atoms with Crippen molar-refractivity contribution in [2.24, 2.45) is 11.8 Å². The molecular formula is C18H25N5O. The van der Waals surface area contributed by atoms with Crippen molar-refractivity contribution in [2.45, 2.75) is 31.5 Å². The van der Waals surface area contributed by atoms with Gasteiger partial charge < -0.3 is 10.4 Å². The molecule has 1 aliphatic heterocycles. The average Bonchev–Trinajstić information content (AvgIpc) is 3.23. The average molecular weight is 327 g/mol. The number of anilines is 1. The fourth-order valence-corrected chi connectivity index (χ4v) is 4.43. The second-order valence-corrected chi connectivity index (χ2v) is 7.07. The van der Waals surface area contributed by atoms with E-state index in [1.165, 1.54) is 5.56 Å². The second-order valence-electron chi connectivity index (χ2n) is 7.07. The van der Waals surface area contributed by atoms with Crippen LogP contribution in [0.1, 0.15) is 24.4 Å². The van der Waals surface area contributed by atoms with Gasteiger partial charge in [0.05, 0.1) is 12.1 Å². The van der Waals surface area contributed by atoms with Gasteiger partial charge in [-0.05, 0) is 36.8 Å². The molecular weight excluding hydrogens is 302 g/mol. The van der Waals surface area contributed by atoms with E-state index in [9.17, 15) is 5.11 Å². The number of fused-ring (bicyclic) bond motifs is 1. The van der Waals surface area contributed by atoms with Gasteiger partial charge in [-0.25, -0.2) is 4.98 Å². The monoisotopic (exact) mass is 327 g/mol. The van der Waals surface area contributed by atoms with Crippen LogP contribution in [0.15, 0.2) is 36.8 Å². The number of aliphatic hydroxyl groups excluding tert-OH is 1. The molecule has 2 aromatic heterocycles. The number of aliphatic hydroxyl groups is 1. The molecule has 1 aliphatic carbocycles. The van der Waals surface area contributed by atoms with Gasteiger partial charge in [-0.1, -0.05) is 6.07 Å². The molecule has 0 bridgehead atoms. The standard InChI is InChI=1S/C18H25N5O/c1-19-18-13(4-2-5-20-18)10-22-11-14-8-16(23-7-3-6-21-23)17(24)9-15(14)12-22/h2-7,14-17,24H,8-12H2,1H3,(H,19,20)/t14-,15+,16-,17-/m1/s1. The van der Waals surface area contributed by atoms with Crippen molar-refractivity contribution in [1.29, 1.82) is 0 Å². The van der Waals surface area contributed by atoms with Crippen molar-refractivity contribution in [3.63, 3.8) is 0 Å². The normalized spacial score (nSPS) is 30.2. The van der Waals surface area contributed by atoms with E-state index in [0.29, 0.717) is 11.8 Å². The molecule has 128 valence electrons. The van der Waals surface area contributed by atoms with E-state index in [0.717, 1.165) is 38.3 Å². The van der Waals surface area contributed by atoms with Gasteiger partial charge in [0, 0.05) is 50.8 Å². The first kappa shape index (κ1) is 15.6. The Labute approximate surface area is 142 Å². The van der Waals surface area contributed by atoms with Crippen LogP contribution in [0.25, 0.3) is 0 Å². The van der Waals surface area contributed by atoms with Crippen molar-refractivity contribution < 1.29 is 5.11 Å². The van der Waals surface area contributed by atoms with E-state index in [1.807, 2.05) is 36.3 Å². The molecule has 0 aromatic carbocycles. The number of hydrogen-bond donors (Lipinski definition) is 2. The van der Waals surface area contributed by atoms with Crippen LogP contribution in [-0.4, -0.2) is 51.0 Å². The lowest BCUT2D eigenvalue weighted by molar-refractivity contribution is 0.0306. The molecule has 0 unspecified atom stereocenters. The van der Waals surface area contributed by atoms with Crippen LogP contribution in [0.2, 0.25) is 0 Å². The van der Waals surface area contributed by atoms with Gasteiger partial charge in [0.25, 0.3) is 0 Å². The van der Waals surface area contributed by atoms with E-state index in [1.54, 1.807) is 6.20 Å². The molecule has 2 aromatic rings. The number of nitrogens with one attached hydrogen (secondary N) is 1. The molecule has 1 saturated carbocycles. The first-order chi connectivity index (χ1) is 11.7.